The van der Waals surface area contributed by atoms with Gasteiger partial charge in [-0.25, -0.2) is 4.98 Å². The van der Waals surface area contributed by atoms with E-state index in [1.54, 1.807) is 12.4 Å². The Morgan fingerprint density at radius 1 is 1.44 bits per heavy atom. The van der Waals surface area contributed by atoms with Gasteiger partial charge in [-0.2, -0.15) is 0 Å². The van der Waals surface area contributed by atoms with Crippen molar-refractivity contribution in [3.8, 4) is 0 Å². The van der Waals surface area contributed by atoms with Crippen molar-refractivity contribution < 1.29 is 4.74 Å². The quantitative estimate of drug-likeness (QED) is 0.625. The minimum atomic E-state index is 0.536. The van der Waals surface area contributed by atoms with Gasteiger partial charge in [0.1, 0.15) is 5.82 Å². The molecule has 0 amide bonds. The Kier molecular flexibility index (Phi) is 6.53. The zero-order valence-electron chi connectivity index (χ0n) is 15.8. The highest BCUT2D eigenvalue weighted by molar-refractivity contribution is 6.31. The zero-order valence-corrected chi connectivity index (χ0v) is 16.5. The van der Waals surface area contributed by atoms with Crippen LogP contribution >= 0.6 is 11.6 Å². The number of halogens is 1. The fourth-order valence-electron chi connectivity index (χ4n) is 2.98. The lowest BCUT2D eigenvalue weighted by Crippen LogP contribution is -2.14. The number of aromatic nitrogens is 3. The van der Waals surface area contributed by atoms with Gasteiger partial charge in [-0.15, -0.1) is 0 Å². The molecule has 4 N–H and O–H groups in total. The first kappa shape index (κ1) is 19.5. The molecule has 1 aliphatic rings. The molecule has 4 rings (SSSR count). The monoisotopic (exact) mass is 387 g/mol. The highest BCUT2D eigenvalue weighted by Gasteiger charge is 2.08. The summed E-state index contributed by atoms with van der Waals surface area (Å²) in [5.74, 6) is 0.826. The van der Waals surface area contributed by atoms with Crippen molar-refractivity contribution in [2.24, 2.45) is 5.73 Å². The molecule has 6 nitrogen and oxygen atoms in total. The molecule has 2 aromatic heterocycles. The number of fused-ring (bicyclic) bond motifs is 3. The van der Waals surface area contributed by atoms with Gasteiger partial charge in [-0.1, -0.05) is 11.6 Å². The molecule has 0 saturated carbocycles. The van der Waals surface area contributed by atoms with Gasteiger partial charge in [0.25, 0.3) is 0 Å². The Balaban J connectivity index is 0.000000253. The van der Waals surface area contributed by atoms with Crippen LogP contribution in [0.3, 0.4) is 0 Å². The van der Waals surface area contributed by atoms with Gasteiger partial charge in [-0.3, -0.25) is 4.98 Å². The third-order valence-corrected chi connectivity index (χ3v) is 4.57. The second-order valence-corrected chi connectivity index (χ2v) is 7.25. The number of hydrogen-bond acceptors (Lipinski definition) is 5. The molecular weight excluding hydrogens is 362 g/mol. The molecule has 0 radical (unpaired) electrons. The molecule has 1 fully saturated rings. The van der Waals surface area contributed by atoms with Crippen LogP contribution in [0.4, 0.5) is 0 Å². The summed E-state index contributed by atoms with van der Waals surface area (Å²) < 4.78 is 5.28. The highest BCUT2D eigenvalue weighted by Crippen LogP contribution is 2.24. The van der Waals surface area contributed by atoms with E-state index in [4.69, 9.17) is 22.1 Å². The van der Waals surface area contributed by atoms with Crippen molar-refractivity contribution in [2.45, 2.75) is 45.8 Å². The third kappa shape index (κ3) is 5.34. The SMILES string of the molecule is C/C(N)=C/NCc1nc2c(cnc3ccc(Cl)cc32)[nH]1.C[C@@H]1CCCCO1. The van der Waals surface area contributed by atoms with E-state index in [1.807, 2.05) is 25.1 Å². The van der Waals surface area contributed by atoms with Crippen LogP contribution in [-0.4, -0.2) is 27.7 Å². The number of H-pyrrole nitrogens is 1. The van der Waals surface area contributed by atoms with Gasteiger partial charge in [-0.05, 0) is 51.3 Å². The van der Waals surface area contributed by atoms with Crippen molar-refractivity contribution in [2.75, 3.05) is 6.61 Å². The van der Waals surface area contributed by atoms with Crippen molar-refractivity contribution in [3.63, 3.8) is 0 Å². The first-order valence-electron chi connectivity index (χ1n) is 9.23. The maximum atomic E-state index is 6.04. The Labute approximate surface area is 164 Å². The molecule has 3 heterocycles. The van der Waals surface area contributed by atoms with Crippen LogP contribution in [0.25, 0.3) is 21.9 Å². The van der Waals surface area contributed by atoms with Crippen LogP contribution in [0.1, 0.15) is 38.9 Å². The molecule has 7 heteroatoms. The molecule has 0 bridgehead atoms. The van der Waals surface area contributed by atoms with Gasteiger partial charge in [0, 0.05) is 28.9 Å². The van der Waals surface area contributed by atoms with Crippen molar-refractivity contribution in [3.05, 3.63) is 47.1 Å². The lowest BCUT2D eigenvalue weighted by molar-refractivity contribution is 0.0285. The number of allylic oxidation sites excluding steroid dienone is 1. The Morgan fingerprint density at radius 2 is 2.30 bits per heavy atom. The summed E-state index contributed by atoms with van der Waals surface area (Å²) in [5.41, 5.74) is 8.94. The maximum absolute atomic E-state index is 6.04. The molecule has 144 valence electrons. The first-order valence-corrected chi connectivity index (χ1v) is 9.61. The van der Waals surface area contributed by atoms with E-state index < -0.39 is 0 Å². The van der Waals surface area contributed by atoms with Gasteiger partial charge in [0.15, 0.2) is 0 Å². The summed E-state index contributed by atoms with van der Waals surface area (Å²) >= 11 is 6.04. The first-order chi connectivity index (χ1) is 13.0. The summed E-state index contributed by atoms with van der Waals surface area (Å²) in [5, 5.41) is 4.72. The maximum Gasteiger partial charge on any atom is 0.126 e. The number of pyridine rings is 1. The standard InChI is InChI=1S/C14H14ClN5.C6H12O/c1-8(16)5-17-7-13-19-12-6-18-11-3-2-9(15)4-10(11)14(12)20-13;1-6-4-2-3-5-7-6/h2-6,17H,7,16H2,1H3,(H,19,20);6H,2-5H2,1H3/b8-5-;/t;6-/m.1/s1. The topological polar surface area (TPSA) is 88.9 Å². The van der Waals surface area contributed by atoms with Crippen LogP contribution in [0.15, 0.2) is 36.3 Å². The van der Waals surface area contributed by atoms with Gasteiger partial charge >= 0.3 is 0 Å². The van der Waals surface area contributed by atoms with Gasteiger partial charge in [0.2, 0.25) is 0 Å². The van der Waals surface area contributed by atoms with Gasteiger partial charge < -0.3 is 20.8 Å². The Morgan fingerprint density at radius 3 is 2.96 bits per heavy atom. The number of ether oxygens (including phenoxy) is 1. The van der Waals surface area contributed by atoms with Crippen LogP contribution in [0, 0.1) is 0 Å². The average molecular weight is 388 g/mol. The summed E-state index contributed by atoms with van der Waals surface area (Å²) in [6, 6.07) is 5.60. The zero-order chi connectivity index (χ0) is 19.2. The molecular formula is C20H26ClN5O. The summed E-state index contributed by atoms with van der Waals surface area (Å²) in [6.07, 6.45) is 7.96. The van der Waals surface area contributed by atoms with E-state index in [2.05, 4.69) is 27.2 Å². The molecule has 3 aromatic rings. The molecule has 27 heavy (non-hydrogen) atoms. The number of rotatable bonds is 3. The summed E-state index contributed by atoms with van der Waals surface area (Å²) in [7, 11) is 0. The second kappa shape index (κ2) is 9.06. The lowest BCUT2D eigenvalue weighted by Gasteiger charge is -2.17. The van der Waals surface area contributed by atoms with E-state index in [-0.39, 0.29) is 0 Å². The van der Waals surface area contributed by atoms with E-state index in [9.17, 15) is 0 Å². The second-order valence-electron chi connectivity index (χ2n) is 6.81. The average Bonchev–Trinajstić information content (AvgIpc) is 3.06. The van der Waals surface area contributed by atoms with Crippen molar-refractivity contribution in [1.29, 1.82) is 0 Å². The molecule has 0 unspecified atom stereocenters. The largest absolute Gasteiger partial charge is 0.401 e. The van der Waals surface area contributed by atoms with Crippen LogP contribution < -0.4 is 11.1 Å². The fraction of sp³-hybridized carbons (Fsp3) is 0.400. The van der Waals surface area contributed by atoms with E-state index in [0.717, 1.165) is 40.1 Å². The number of hydrogen-bond donors (Lipinski definition) is 3. The predicted molar refractivity (Wildman–Crippen MR) is 110 cm³/mol. The number of nitrogens with zero attached hydrogens (tertiary/aromatic N) is 2. The van der Waals surface area contributed by atoms with Crippen LogP contribution in [0.5, 0.6) is 0 Å². The van der Waals surface area contributed by atoms with Gasteiger partial charge in [0.05, 0.1) is 35.4 Å². The van der Waals surface area contributed by atoms with Crippen LogP contribution in [0.2, 0.25) is 5.02 Å². The molecule has 1 saturated heterocycles. The Bertz CT molecular complexity index is 927. The number of aromatic amines is 1. The smallest absolute Gasteiger partial charge is 0.126 e. The number of benzene rings is 1. The van der Waals surface area contributed by atoms with Crippen molar-refractivity contribution in [1.82, 2.24) is 20.3 Å². The third-order valence-electron chi connectivity index (χ3n) is 4.33. The Hall–Kier alpha value is -2.31. The normalized spacial score (nSPS) is 17.6. The lowest BCUT2D eigenvalue weighted by atomic mass is 10.1. The van der Waals surface area contributed by atoms with E-state index in [1.165, 1.54) is 19.3 Å². The fourth-order valence-corrected chi connectivity index (χ4v) is 3.15. The molecule has 0 aliphatic carbocycles. The predicted octanol–water partition coefficient (Wildman–Crippen LogP) is 4.25. The summed E-state index contributed by atoms with van der Waals surface area (Å²) in [6.45, 7) is 5.52. The number of nitrogens with two attached hydrogens (primary N) is 1. The molecule has 0 spiro atoms. The highest BCUT2D eigenvalue weighted by atomic mass is 35.5. The van der Waals surface area contributed by atoms with E-state index >= 15 is 0 Å². The molecule has 1 atom stereocenters. The van der Waals surface area contributed by atoms with Crippen molar-refractivity contribution >= 4 is 33.5 Å². The van der Waals surface area contributed by atoms with E-state index in [0.29, 0.717) is 17.7 Å². The molecule has 1 aromatic carbocycles. The number of nitrogens with one attached hydrogen (secondary N) is 2. The number of imidazole rings is 1. The minimum Gasteiger partial charge on any atom is -0.401 e. The molecule has 1 aliphatic heterocycles. The van der Waals surface area contributed by atoms with Crippen LogP contribution in [-0.2, 0) is 11.3 Å². The minimum absolute atomic E-state index is 0.536. The summed E-state index contributed by atoms with van der Waals surface area (Å²) in [4.78, 5) is 12.2.